The average Bonchev–Trinajstić information content (AvgIpc) is 3.10. The van der Waals surface area contributed by atoms with Crippen molar-refractivity contribution in [2.75, 3.05) is 0 Å². The number of nitrogens with one attached hydrogen (secondary N) is 1. The number of carbonyl (C=O) groups excluding carboxylic acids is 2. The van der Waals surface area contributed by atoms with Crippen LogP contribution in [0.2, 0.25) is 0 Å². The van der Waals surface area contributed by atoms with Gasteiger partial charge in [-0.1, -0.05) is 32.0 Å². The number of esters is 1. The lowest BCUT2D eigenvalue weighted by molar-refractivity contribution is -0.274. The van der Waals surface area contributed by atoms with Crippen LogP contribution in [0.25, 0.3) is 0 Å². The van der Waals surface area contributed by atoms with Crippen LogP contribution < -0.4 is 15.5 Å². The molecule has 2 aromatic rings. The zero-order valence-electron chi connectivity index (χ0n) is 18.2. The summed E-state index contributed by atoms with van der Waals surface area (Å²) in [7, 11) is -1.12. The molecule has 0 saturated carbocycles. The molecule has 3 rings (SSSR count). The molecule has 0 radical (unpaired) electrons. The Balaban J connectivity index is 1.67. The molecule has 2 aromatic carbocycles. The van der Waals surface area contributed by atoms with Gasteiger partial charge in [0, 0.05) is 5.56 Å². The van der Waals surface area contributed by atoms with Crippen LogP contribution in [0.1, 0.15) is 40.9 Å². The number of benzene rings is 2. The van der Waals surface area contributed by atoms with Crippen LogP contribution in [0.15, 0.2) is 36.4 Å². The molecule has 0 fully saturated rings. The number of ether oxygens (including phenoxy) is 2. The van der Waals surface area contributed by atoms with Gasteiger partial charge in [0.25, 0.3) is 5.91 Å². The summed E-state index contributed by atoms with van der Waals surface area (Å²) in [6.45, 7) is 5.07. The molecule has 11 heteroatoms. The Bertz CT molecular complexity index is 1040. The lowest BCUT2D eigenvalue weighted by atomic mass is 9.75. The van der Waals surface area contributed by atoms with E-state index in [0.29, 0.717) is 16.6 Å². The maximum Gasteiger partial charge on any atom is 0.573 e. The molecule has 0 saturated heterocycles. The molecule has 176 valence electrons. The first-order valence-corrected chi connectivity index (χ1v) is 10.2. The first-order valence-electron chi connectivity index (χ1n) is 10.2. The molecular formula is C22H23BF3NO6. The van der Waals surface area contributed by atoms with Crippen LogP contribution in [-0.2, 0) is 27.4 Å². The predicted octanol–water partition coefficient (Wildman–Crippen LogP) is 2.61. The van der Waals surface area contributed by atoms with E-state index in [9.17, 15) is 27.8 Å². The molecular weight excluding hydrogens is 442 g/mol. The van der Waals surface area contributed by atoms with Crippen molar-refractivity contribution in [3.8, 4) is 5.75 Å². The van der Waals surface area contributed by atoms with Crippen LogP contribution in [-0.4, -0.2) is 36.4 Å². The number of hydrogen-bond donors (Lipinski definition) is 2. The maximum absolute atomic E-state index is 12.9. The third kappa shape index (κ3) is 6.05. The van der Waals surface area contributed by atoms with Crippen LogP contribution in [0.4, 0.5) is 13.2 Å². The van der Waals surface area contributed by atoms with Crippen molar-refractivity contribution >= 4 is 24.5 Å². The molecule has 0 bridgehead atoms. The minimum Gasteiger partial charge on any atom is -0.459 e. The summed E-state index contributed by atoms with van der Waals surface area (Å²) in [5.74, 6) is -2.01. The second kappa shape index (κ2) is 9.84. The van der Waals surface area contributed by atoms with Gasteiger partial charge in [0.15, 0.2) is 0 Å². The number of amides is 1. The van der Waals surface area contributed by atoms with E-state index in [4.69, 9.17) is 9.39 Å². The molecule has 33 heavy (non-hydrogen) atoms. The van der Waals surface area contributed by atoms with E-state index >= 15 is 0 Å². The minimum absolute atomic E-state index is 0.245. The van der Waals surface area contributed by atoms with Gasteiger partial charge in [0.2, 0.25) is 0 Å². The summed E-state index contributed by atoms with van der Waals surface area (Å²) in [4.78, 5) is 25.5. The average molecular weight is 465 g/mol. The zero-order chi connectivity index (χ0) is 24.3. The Morgan fingerprint density at radius 1 is 1.24 bits per heavy atom. The second-order valence-electron chi connectivity index (χ2n) is 7.97. The van der Waals surface area contributed by atoms with Crippen LogP contribution in [0, 0.1) is 12.8 Å². The molecule has 1 amide bonds. The third-order valence-corrected chi connectivity index (χ3v) is 5.21. The van der Waals surface area contributed by atoms with Gasteiger partial charge in [-0.2, -0.15) is 0 Å². The second-order valence-corrected chi connectivity index (χ2v) is 7.97. The van der Waals surface area contributed by atoms with E-state index in [1.807, 2.05) is 0 Å². The van der Waals surface area contributed by atoms with Gasteiger partial charge in [0.05, 0.1) is 6.61 Å². The first kappa shape index (κ1) is 24.6. The SMILES string of the molecule is Cc1c(C(=O)NC(C(=O)OCc2cccc(OC(F)(F)F)c2)C(C)C)ccc2c1B(O)OC2. The molecule has 1 aliphatic rings. The molecule has 1 atom stereocenters. The number of alkyl halides is 3. The van der Waals surface area contributed by atoms with Crippen LogP contribution in [0.3, 0.4) is 0 Å². The monoisotopic (exact) mass is 465 g/mol. The summed E-state index contributed by atoms with van der Waals surface area (Å²) in [5, 5.41) is 12.6. The largest absolute Gasteiger partial charge is 0.573 e. The Morgan fingerprint density at radius 3 is 2.64 bits per heavy atom. The van der Waals surface area contributed by atoms with E-state index in [0.717, 1.165) is 17.7 Å². The van der Waals surface area contributed by atoms with Gasteiger partial charge >= 0.3 is 19.5 Å². The molecule has 7 nitrogen and oxygen atoms in total. The zero-order valence-corrected chi connectivity index (χ0v) is 18.2. The van der Waals surface area contributed by atoms with Gasteiger partial charge in [-0.05, 0) is 53.2 Å². The molecule has 0 spiro atoms. The summed E-state index contributed by atoms with van der Waals surface area (Å²) < 4.78 is 51.5. The predicted molar refractivity (Wildman–Crippen MR) is 113 cm³/mol. The highest BCUT2D eigenvalue weighted by Gasteiger charge is 2.33. The van der Waals surface area contributed by atoms with Crippen molar-refractivity contribution in [1.29, 1.82) is 0 Å². The highest BCUT2D eigenvalue weighted by Crippen LogP contribution is 2.24. The summed E-state index contributed by atoms with van der Waals surface area (Å²) in [6.07, 6.45) is -4.83. The van der Waals surface area contributed by atoms with E-state index in [-0.39, 0.29) is 24.7 Å². The van der Waals surface area contributed by atoms with Crippen molar-refractivity contribution in [3.05, 3.63) is 58.7 Å². The molecule has 2 N–H and O–H groups in total. The molecule has 1 aliphatic heterocycles. The molecule has 0 aliphatic carbocycles. The van der Waals surface area contributed by atoms with E-state index in [1.165, 1.54) is 12.1 Å². The third-order valence-electron chi connectivity index (χ3n) is 5.21. The number of hydrogen-bond acceptors (Lipinski definition) is 6. The maximum atomic E-state index is 12.9. The fourth-order valence-electron chi connectivity index (χ4n) is 3.55. The Kier molecular flexibility index (Phi) is 7.33. The normalized spacial score (nSPS) is 14.1. The smallest absolute Gasteiger partial charge is 0.459 e. The van der Waals surface area contributed by atoms with Gasteiger partial charge < -0.3 is 24.5 Å². The number of rotatable bonds is 7. The van der Waals surface area contributed by atoms with Crippen molar-refractivity contribution in [1.82, 2.24) is 5.32 Å². The fourth-order valence-corrected chi connectivity index (χ4v) is 3.55. The van der Waals surface area contributed by atoms with Gasteiger partial charge in [-0.25, -0.2) is 4.79 Å². The van der Waals surface area contributed by atoms with Crippen LogP contribution in [0.5, 0.6) is 5.75 Å². The van der Waals surface area contributed by atoms with Crippen molar-refractivity contribution in [3.63, 3.8) is 0 Å². The van der Waals surface area contributed by atoms with E-state index < -0.39 is 37.1 Å². The number of fused-ring (bicyclic) bond motifs is 1. The molecule has 1 unspecified atom stereocenters. The molecule has 1 heterocycles. The van der Waals surface area contributed by atoms with Crippen LogP contribution >= 0.6 is 0 Å². The Morgan fingerprint density at radius 2 is 1.97 bits per heavy atom. The topological polar surface area (TPSA) is 94.1 Å². The Labute approximate surface area is 189 Å². The van der Waals surface area contributed by atoms with Crippen molar-refractivity contribution < 1.29 is 41.9 Å². The van der Waals surface area contributed by atoms with E-state index in [1.54, 1.807) is 32.9 Å². The highest BCUT2D eigenvalue weighted by molar-refractivity contribution is 6.62. The summed E-state index contributed by atoms with van der Waals surface area (Å²) in [6, 6.07) is 7.37. The highest BCUT2D eigenvalue weighted by atomic mass is 19.4. The standard InChI is InChI=1S/C22H23BF3NO6/c1-12(2)19(21(29)31-10-14-5-4-6-16(9-14)33-22(24,25)26)27-20(28)17-8-7-15-11-32-23(30)18(15)13(17)3/h4-9,12,19,30H,10-11H2,1-3H3,(H,27,28). The quantitative estimate of drug-likeness (QED) is 0.483. The summed E-state index contributed by atoms with van der Waals surface area (Å²) >= 11 is 0. The minimum atomic E-state index is -4.83. The lowest BCUT2D eigenvalue weighted by Gasteiger charge is -2.22. The van der Waals surface area contributed by atoms with E-state index in [2.05, 4.69) is 10.1 Å². The van der Waals surface area contributed by atoms with Gasteiger partial charge in [-0.3, -0.25) is 4.79 Å². The molecule has 0 aromatic heterocycles. The number of carbonyl (C=O) groups is 2. The van der Waals surface area contributed by atoms with Gasteiger partial charge in [-0.15, -0.1) is 13.2 Å². The van der Waals surface area contributed by atoms with Crippen molar-refractivity contribution in [2.45, 2.75) is 46.4 Å². The summed E-state index contributed by atoms with van der Waals surface area (Å²) in [5.41, 5.74) is 2.45. The van der Waals surface area contributed by atoms with Crippen molar-refractivity contribution in [2.24, 2.45) is 5.92 Å². The fraction of sp³-hybridized carbons (Fsp3) is 0.364. The number of halogens is 3. The lowest BCUT2D eigenvalue weighted by Crippen LogP contribution is -2.46. The Hall–Kier alpha value is -3.05. The van der Waals surface area contributed by atoms with Gasteiger partial charge in [0.1, 0.15) is 18.4 Å². The first-order chi connectivity index (χ1) is 15.5.